The molecule has 3 aromatic rings. The van der Waals surface area contributed by atoms with Gasteiger partial charge in [0, 0.05) is 65.2 Å². The van der Waals surface area contributed by atoms with Crippen molar-refractivity contribution in [1.82, 2.24) is 13.2 Å². The minimum atomic E-state index is -3.96. The van der Waals surface area contributed by atoms with E-state index < -0.39 is 37.4 Å². The topological polar surface area (TPSA) is 308 Å². The predicted molar refractivity (Wildman–Crippen MR) is 234 cm³/mol. The number of aromatic nitrogens is 1. The van der Waals surface area contributed by atoms with Crippen LogP contribution in [0.1, 0.15) is 43.7 Å². The van der Waals surface area contributed by atoms with Crippen LogP contribution in [0.15, 0.2) is 106 Å². The normalized spacial score (nSPS) is 13.1. The lowest BCUT2D eigenvalue weighted by molar-refractivity contribution is 0.150. The van der Waals surface area contributed by atoms with E-state index in [2.05, 4.69) is 26.5 Å². The molecular weight excluding hydrogens is 873 g/mol. The van der Waals surface area contributed by atoms with Gasteiger partial charge < -0.3 is 35.3 Å². The first kappa shape index (κ1) is 52.5. The van der Waals surface area contributed by atoms with Crippen LogP contribution in [0.3, 0.4) is 0 Å². The molecule has 1 aromatic heterocycles. The molecule has 0 amide bonds. The summed E-state index contributed by atoms with van der Waals surface area (Å²) in [6.45, 7) is 3.23. The third-order valence-corrected chi connectivity index (χ3v) is 13.6. The van der Waals surface area contributed by atoms with Gasteiger partial charge in [-0.05, 0) is 87.2 Å². The van der Waals surface area contributed by atoms with Crippen molar-refractivity contribution < 1.29 is 46.4 Å². The number of hydrogen-bond donors (Lipinski definition) is 4. The largest absolute Gasteiger partial charge is 0.493 e. The van der Waals surface area contributed by atoms with Gasteiger partial charge in [0.05, 0.1) is 53.7 Å². The van der Waals surface area contributed by atoms with Gasteiger partial charge in [-0.3, -0.25) is 9.36 Å². The number of allylic oxidation sites excluding steroid dienone is 2. The van der Waals surface area contributed by atoms with Crippen molar-refractivity contribution in [2.24, 2.45) is 26.2 Å². The summed E-state index contributed by atoms with van der Waals surface area (Å²) < 4.78 is 71.1. The van der Waals surface area contributed by atoms with Crippen LogP contribution in [-0.4, -0.2) is 119 Å². The fourth-order valence-electron chi connectivity index (χ4n) is 6.08. The van der Waals surface area contributed by atoms with Gasteiger partial charge in [-0.15, -0.1) is 10.2 Å². The zero-order valence-electron chi connectivity index (χ0n) is 36.3. The maximum atomic E-state index is 13.2. The number of aliphatic hydroxyl groups excluding tert-OH is 2. The summed E-state index contributed by atoms with van der Waals surface area (Å²) in [5.74, 6) is -1.23. The van der Waals surface area contributed by atoms with Gasteiger partial charge >= 0.3 is 0 Å². The van der Waals surface area contributed by atoms with E-state index in [1.165, 1.54) is 88.0 Å². The van der Waals surface area contributed by atoms with Crippen LogP contribution >= 0.6 is 0 Å². The Hall–Kier alpha value is -5.89. The zero-order valence-corrected chi connectivity index (χ0v) is 38.0. The fraction of sp³-hybridized carbons (Fsp3) is 0.439. The van der Waals surface area contributed by atoms with Crippen LogP contribution in [0.4, 0.5) is 17.1 Å². The molecule has 0 aliphatic carbocycles. The number of nitriles is 2. The van der Waals surface area contributed by atoms with Gasteiger partial charge in [-0.2, -0.15) is 29.4 Å². The lowest BCUT2D eigenvalue weighted by Gasteiger charge is -2.21. The average molecular weight is 927 g/mol. The van der Waals surface area contributed by atoms with Crippen molar-refractivity contribution in [2.45, 2.75) is 55.9 Å². The minimum absolute atomic E-state index is 0.0103. The van der Waals surface area contributed by atoms with Crippen molar-refractivity contribution in [2.75, 3.05) is 73.9 Å². The first-order valence-corrected chi connectivity index (χ1v) is 22.7. The molecule has 0 saturated carbocycles. The van der Waals surface area contributed by atoms with Gasteiger partial charge in [-0.1, -0.05) is 6.42 Å². The van der Waals surface area contributed by atoms with Crippen LogP contribution in [-0.2, 0) is 40.8 Å². The number of unbranched alkanes of at least 4 members (excludes halogenated alkanes) is 2. The molecule has 0 atom stereocenters. The van der Waals surface area contributed by atoms with Crippen LogP contribution in [0.5, 0.6) is 5.88 Å². The van der Waals surface area contributed by atoms with Crippen molar-refractivity contribution >= 4 is 37.1 Å². The molecule has 1 heterocycles. The van der Waals surface area contributed by atoms with Gasteiger partial charge in [0.1, 0.15) is 17.3 Å². The molecular formula is C41H54N10O11S2. The highest BCUT2D eigenvalue weighted by Gasteiger charge is 2.26. The number of hydrogen-bond acceptors (Lipinski definition) is 18. The summed E-state index contributed by atoms with van der Waals surface area (Å²) >= 11 is 0. The van der Waals surface area contributed by atoms with E-state index in [0.717, 1.165) is 8.87 Å². The standard InChI is InChI=1S/C41H54N10O11S2/c1-29(37(39(44)53)47-45-32-10-16-35(17-11-32)64(58,59)50(21-25-61-4)22-26-62-5)31(27-42)9-7-6-8-18-51-40(54)36(28-43)30(2)38(41(51)55)48-46-33-12-14-34(15-13-33)63(56,57)49(19-23-52)20-24-60-3/h10-17,52-53,55H,6-9,18-26,44H2,1-5H3/b31-29+,39-37?,47-45+,48-46+. The SMILES string of the molecule is COCCN(CCO)S(=O)(=O)c1ccc(/N=N/c2c(C)c(C#N)c(=O)n(CCCCC/C(C#N)=C(/C)C(/N=N/c3ccc(S(=O)(=O)N(CCOC)CCOC)cc3)=C(N)O)c2O)cc1. The highest BCUT2D eigenvalue weighted by atomic mass is 32.2. The first-order chi connectivity index (χ1) is 30.5. The number of sulfonamides is 2. The molecule has 2 aromatic carbocycles. The quantitative estimate of drug-likeness (QED) is 0.0273. The second-order valence-corrected chi connectivity index (χ2v) is 17.8. The Morgan fingerprint density at radius 2 is 1.30 bits per heavy atom. The molecule has 5 N–H and O–H groups in total. The number of azo groups is 2. The van der Waals surface area contributed by atoms with E-state index in [1.807, 2.05) is 6.07 Å². The number of benzene rings is 2. The van der Waals surface area contributed by atoms with Crippen LogP contribution in [0, 0.1) is 29.6 Å². The lowest BCUT2D eigenvalue weighted by Crippen LogP contribution is -2.36. The Labute approximate surface area is 372 Å². The molecule has 3 rings (SSSR count). The van der Waals surface area contributed by atoms with Crippen molar-refractivity contribution in [3.63, 3.8) is 0 Å². The lowest BCUT2D eigenvalue weighted by atomic mass is 10.0. The van der Waals surface area contributed by atoms with Crippen molar-refractivity contribution in [3.05, 3.63) is 92.7 Å². The molecule has 346 valence electrons. The highest BCUT2D eigenvalue weighted by Crippen LogP contribution is 2.33. The number of methoxy groups -OCH3 is 3. The maximum absolute atomic E-state index is 13.2. The summed E-state index contributed by atoms with van der Waals surface area (Å²) in [6.07, 6.45) is 1.42. The van der Waals surface area contributed by atoms with E-state index >= 15 is 0 Å². The summed E-state index contributed by atoms with van der Waals surface area (Å²) in [5.41, 5.74) is 5.47. The Morgan fingerprint density at radius 1 is 0.797 bits per heavy atom. The summed E-state index contributed by atoms with van der Waals surface area (Å²) in [5, 5.41) is 66.9. The van der Waals surface area contributed by atoms with E-state index in [-0.39, 0.29) is 120 Å². The van der Waals surface area contributed by atoms with Crippen molar-refractivity contribution in [3.8, 4) is 18.0 Å². The number of rotatable bonds is 26. The van der Waals surface area contributed by atoms with Crippen molar-refractivity contribution in [1.29, 1.82) is 10.5 Å². The van der Waals surface area contributed by atoms with E-state index in [9.17, 15) is 47.5 Å². The second-order valence-electron chi connectivity index (χ2n) is 13.9. The van der Waals surface area contributed by atoms with E-state index in [4.69, 9.17) is 19.9 Å². The monoisotopic (exact) mass is 926 g/mol. The molecule has 0 aliphatic rings. The van der Waals surface area contributed by atoms with Gasteiger partial charge in [0.25, 0.3) is 5.56 Å². The number of aromatic hydroxyl groups is 1. The molecule has 64 heavy (non-hydrogen) atoms. The smallest absolute Gasteiger partial charge is 0.271 e. The Morgan fingerprint density at radius 3 is 1.75 bits per heavy atom. The molecule has 0 fully saturated rings. The molecule has 23 heteroatoms. The zero-order chi connectivity index (χ0) is 47.5. The Bertz CT molecular complexity index is 2530. The molecule has 0 unspecified atom stereocenters. The number of aliphatic hydroxyl groups is 2. The maximum Gasteiger partial charge on any atom is 0.271 e. The number of ether oxygens (including phenoxy) is 3. The third-order valence-electron chi connectivity index (χ3n) is 9.73. The number of nitrogens with zero attached hydrogens (tertiary/aromatic N) is 9. The molecule has 21 nitrogen and oxygen atoms in total. The minimum Gasteiger partial charge on any atom is -0.493 e. The molecule has 0 bridgehead atoms. The third kappa shape index (κ3) is 13.8. The van der Waals surface area contributed by atoms with E-state index in [0.29, 0.717) is 19.3 Å². The van der Waals surface area contributed by atoms with Gasteiger partial charge in [0.15, 0.2) is 5.69 Å². The van der Waals surface area contributed by atoms with Gasteiger partial charge in [0.2, 0.25) is 31.8 Å². The van der Waals surface area contributed by atoms with Crippen LogP contribution in [0.25, 0.3) is 0 Å². The molecule has 0 aliphatic heterocycles. The first-order valence-electron chi connectivity index (χ1n) is 19.8. The molecule has 0 radical (unpaired) electrons. The van der Waals surface area contributed by atoms with Crippen LogP contribution in [0.2, 0.25) is 0 Å². The van der Waals surface area contributed by atoms with Gasteiger partial charge in [-0.25, -0.2) is 16.8 Å². The Kier molecular flexibility index (Phi) is 20.8. The fourth-order valence-corrected chi connectivity index (χ4v) is 8.90. The molecule has 0 spiro atoms. The van der Waals surface area contributed by atoms with Crippen LogP contribution < -0.4 is 11.3 Å². The summed E-state index contributed by atoms with van der Waals surface area (Å²) in [4.78, 5) is 13.2. The number of nitrogens with two attached hydrogens (primary N) is 1. The second kappa shape index (κ2) is 25.4. The summed E-state index contributed by atoms with van der Waals surface area (Å²) in [6, 6.07) is 14.9. The van der Waals surface area contributed by atoms with E-state index in [1.54, 1.807) is 0 Å². The average Bonchev–Trinajstić information content (AvgIpc) is 3.27. The Balaban J connectivity index is 1.73. The number of pyridine rings is 1. The predicted octanol–water partition coefficient (Wildman–Crippen LogP) is 4.93. The highest BCUT2D eigenvalue weighted by molar-refractivity contribution is 7.89. The molecule has 0 saturated heterocycles. The summed E-state index contributed by atoms with van der Waals surface area (Å²) in [7, 11) is -3.47.